The molecule has 4 heterocycles. The summed E-state index contributed by atoms with van der Waals surface area (Å²) >= 11 is 0. The molecule has 5 rings (SSSR count). The van der Waals surface area contributed by atoms with Gasteiger partial charge in [-0.05, 0) is 43.5 Å². The number of ether oxygens (including phenoxy) is 1. The lowest BCUT2D eigenvalue weighted by atomic mass is 10.00. The Bertz CT molecular complexity index is 1340. The number of rotatable bonds is 8. The first-order chi connectivity index (χ1) is 16.6. The van der Waals surface area contributed by atoms with Crippen LogP contribution in [0.25, 0.3) is 22.6 Å². The second kappa shape index (κ2) is 9.41. The molecular formula is C24H25N9O. The van der Waals surface area contributed by atoms with Crippen molar-refractivity contribution in [3.63, 3.8) is 0 Å². The van der Waals surface area contributed by atoms with Gasteiger partial charge in [0.1, 0.15) is 5.69 Å². The Morgan fingerprint density at radius 1 is 1.18 bits per heavy atom. The molecule has 0 bridgehead atoms. The molecular weight excluding hydrogens is 430 g/mol. The van der Waals surface area contributed by atoms with E-state index in [1.165, 1.54) is 5.69 Å². The molecule has 1 aliphatic heterocycles. The molecule has 4 aromatic rings. The monoisotopic (exact) mass is 455 g/mol. The largest absolute Gasteiger partial charge is 0.383 e. The summed E-state index contributed by atoms with van der Waals surface area (Å²) in [6, 6.07) is 11.9. The summed E-state index contributed by atoms with van der Waals surface area (Å²) in [5.41, 5.74) is 6.60. The molecule has 0 atom stereocenters. The molecule has 34 heavy (non-hydrogen) atoms. The smallest absolute Gasteiger partial charge is 0.223 e. The van der Waals surface area contributed by atoms with Gasteiger partial charge in [0.2, 0.25) is 5.95 Å². The number of fused-ring (bicyclic) bond motifs is 1. The van der Waals surface area contributed by atoms with Crippen molar-refractivity contribution in [3.8, 4) is 28.7 Å². The molecule has 0 saturated heterocycles. The van der Waals surface area contributed by atoms with Gasteiger partial charge in [0, 0.05) is 31.5 Å². The summed E-state index contributed by atoms with van der Waals surface area (Å²) in [7, 11) is 1.65. The molecule has 3 aromatic heterocycles. The predicted octanol–water partition coefficient (Wildman–Crippen LogP) is 2.83. The number of hydrogen-bond acceptors (Lipinski definition) is 8. The Balaban J connectivity index is 1.47. The third-order valence-corrected chi connectivity index (χ3v) is 5.89. The summed E-state index contributed by atoms with van der Waals surface area (Å²) < 4.78 is 8.98. The molecule has 0 amide bonds. The van der Waals surface area contributed by atoms with Gasteiger partial charge in [0.05, 0.1) is 48.1 Å². The van der Waals surface area contributed by atoms with Crippen LogP contribution in [0.2, 0.25) is 0 Å². The van der Waals surface area contributed by atoms with Crippen molar-refractivity contribution in [2.75, 3.05) is 25.6 Å². The zero-order chi connectivity index (χ0) is 23.5. The van der Waals surface area contributed by atoms with Crippen LogP contribution in [0.5, 0.6) is 0 Å². The topological polar surface area (TPSA) is 119 Å². The second-order valence-electron chi connectivity index (χ2n) is 8.23. The van der Waals surface area contributed by atoms with E-state index >= 15 is 0 Å². The molecule has 0 saturated carbocycles. The number of aromatic nitrogens is 7. The highest BCUT2D eigenvalue weighted by Gasteiger charge is 2.16. The average Bonchev–Trinajstić information content (AvgIpc) is 3.56. The molecule has 1 aliphatic rings. The summed E-state index contributed by atoms with van der Waals surface area (Å²) in [5, 5.41) is 26.0. The fourth-order valence-electron chi connectivity index (χ4n) is 4.15. The first-order valence-electron chi connectivity index (χ1n) is 11.2. The lowest BCUT2D eigenvalue weighted by molar-refractivity contribution is 0.210. The van der Waals surface area contributed by atoms with Gasteiger partial charge in [-0.3, -0.25) is 4.68 Å². The van der Waals surface area contributed by atoms with Gasteiger partial charge in [0.15, 0.2) is 0 Å². The van der Waals surface area contributed by atoms with Crippen molar-refractivity contribution in [1.82, 2.24) is 34.7 Å². The van der Waals surface area contributed by atoms with E-state index in [4.69, 9.17) is 4.74 Å². The fourth-order valence-corrected chi connectivity index (χ4v) is 4.15. The van der Waals surface area contributed by atoms with E-state index in [2.05, 4.69) is 47.5 Å². The summed E-state index contributed by atoms with van der Waals surface area (Å²) in [6.07, 6.45) is 4.10. The van der Waals surface area contributed by atoms with E-state index in [1.54, 1.807) is 17.9 Å². The molecule has 0 spiro atoms. The third-order valence-electron chi connectivity index (χ3n) is 5.89. The number of benzene rings is 1. The van der Waals surface area contributed by atoms with Crippen LogP contribution in [0.15, 0.2) is 36.5 Å². The maximum Gasteiger partial charge on any atom is 0.223 e. The highest BCUT2D eigenvalue weighted by molar-refractivity contribution is 5.71. The van der Waals surface area contributed by atoms with Crippen LogP contribution < -0.4 is 5.32 Å². The number of anilines is 1. The van der Waals surface area contributed by atoms with Crippen molar-refractivity contribution in [2.45, 2.75) is 32.9 Å². The van der Waals surface area contributed by atoms with E-state index in [1.807, 2.05) is 31.3 Å². The van der Waals surface area contributed by atoms with Crippen LogP contribution in [0, 0.1) is 18.3 Å². The van der Waals surface area contributed by atoms with Crippen LogP contribution in [-0.2, 0) is 24.2 Å². The minimum absolute atomic E-state index is 0.464. The maximum atomic E-state index is 9.45. The lowest BCUT2D eigenvalue weighted by Gasteiger charge is -2.11. The summed E-state index contributed by atoms with van der Waals surface area (Å²) in [6.45, 7) is 4.54. The van der Waals surface area contributed by atoms with Crippen molar-refractivity contribution >= 4 is 5.95 Å². The van der Waals surface area contributed by atoms with Crippen LogP contribution in [0.1, 0.15) is 28.9 Å². The van der Waals surface area contributed by atoms with Gasteiger partial charge in [-0.25, -0.2) is 14.6 Å². The Morgan fingerprint density at radius 2 is 2.06 bits per heavy atom. The van der Waals surface area contributed by atoms with E-state index in [0.29, 0.717) is 48.3 Å². The standard InChI is InChI=1S/C24H25N9O/c1-16-17(13-25)5-3-7-20(16)21-12-22(28-24(27-21)26-8-10-34-2)23-15-32(31-29-23)14-18-11-19-6-4-9-33(19)30-18/h3,5,7,11-12,15H,4,6,8-10,14H2,1-2H3,(H,26,27,28). The van der Waals surface area contributed by atoms with E-state index < -0.39 is 0 Å². The molecule has 172 valence electrons. The minimum atomic E-state index is 0.464. The minimum Gasteiger partial charge on any atom is -0.383 e. The molecule has 10 heteroatoms. The van der Waals surface area contributed by atoms with E-state index in [-0.39, 0.29) is 0 Å². The quantitative estimate of drug-likeness (QED) is 0.403. The van der Waals surface area contributed by atoms with Gasteiger partial charge in [0.25, 0.3) is 0 Å². The van der Waals surface area contributed by atoms with Crippen molar-refractivity contribution in [3.05, 3.63) is 59.0 Å². The van der Waals surface area contributed by atoms with Gasteiger partial charge < -0.3 is 10.1 Å². The van der Waals surface area contributed by atoms with Crippen molar-refractivity contribution in [2.24, 2.45) is 0 Å². The molecule has 1 aromatic carbocycles. The van der Waals surface area contributed by atoms with E-state index in [0.717, 1.165) is 36.2 Å². The molecule has 0 fully saturated rings. The van der Waals surface area contributed by atoms with Crippen molar-refractivity contribution < 1.29 is 4.74 Å². The number of nitrogens with one attached hydrogen (secondary N) is 1. The first kappa shape index (κ1) is 21.7. The first-order valence-corrected chi connectivity index (χ1v) is 11.2. The Hall–Kier alpha value is -4.10. The van der Waals surface area contributed by atoms with Crippen LogP contribution in [0.3, 0.4) is 0 Å². The molecule has 0 radical (unpaired) electrons. The average molecular weight is 456 g/mol. The SMILES string of the molecule is COCCNc1nc(-c2cn(Cc3cc4n(n3)CCC4)nn2)cc(-c2cccc(C#N)c2C)n1. The highest BCUT2D eigenvalue weighted by Crippen LogP contribution is 2.28. The predicted molar refractivity (Wildman–Crippen MR) is 126 cm³/mol. The van der Waals surface area contributed by atoms with Gasteiger partial charge in [-0.15, -0.1) is 5.10 Å². The summed E-state index contributed by atoms with van der Waals surface area (Å²) in [5.74, 6) is 0.464. The molecule has 1 N–H and O–H groups in total. The zero-order valence-electron chi connectivity index (χ0n) is 19.2. The van der Waals surface area contributed by atoms with E-state index in [9.17, 15) is 5.26 Å². The van der Waals surface area contributed by atoms with Crippen LogP contribution in [-0.4, -0.2) is 55.0 Å². The number of hydrogen-bond donors (Lipinski definition) is 1. The Morgan fingerprint density at radius 3 is 2.88 bits per heavy atom. The number of methoxy groups -OCH3 is 1. The van der Waals surface area contributed by atoms with Crippen molar-refractivity contribution in [1.29, 1.82) is 5.26 Å². The Kier molecular flexibility index (Phi) is 6.01. The van der Waals surface area contributed by atoms with Crippen LogP contribution >= 0.6 is 0 Å². The lowest BCUT2D eigenvalue weighted by Crippen LogP contribution is -2.11. The molecule has 10 nitrogen and oxygen atoms in total. The Labute approximate surface area is 197 Å². The van der Waals surface area contributed by atoms with Crippen LogP contribution in [0.4, 0.5) is 5.95 Å². The molecule has 0 unspecified atom stereocenters. The van der Waals surface area contributed by atoms with Gasteiger partial charge in [-0.1, -0.05) is 17.3 Å². The number of aryl methyl sites for hydroxylation is 2. The third kappa shape index (κ3) is 4.38. The number of nitriles is 1. The van der Waals surface area contributed by atoms with Gasteiger partial charge >= 0.3 is 0 Å². The number of nitrogens with zero attached hydrogens (tertiary/aromatic N) is 8. The fraction of sp³-hybridized carbons (Fsp3) is 0.333. The maximum absolute atomic E-state index is 9.45. The second-order valence-corrected chi connectivity index (χ2v) is 8.23. The van der Waals surface area contributed by atoms with Gasteiger partial charge in [-0.2, -0.15) is 10.4 Å². The normalized spacial score (nSPS) is 12.5. The highest BCUT2D eigenvalue weighted by atomic mass is 16.5. The zero-order valence-corrected chi connectivity index (χ0v) is 19.2. The molecule has 0 aliphatic carbocycles. The summed E-state index contributed by atoms with van der Waals surface area (Å²) in [4.78, 5) is 9.34.